The fourth-order valence-corrected chi connectivity index (χ4v) is 3.59. The van der Waals surface area contributed by atoms with Crippen molar-refractivity contribution in [2.75, 3.05) is 33.2 Å². The second kappa shape index (κ2) is 8.81. The number of nitrogens with one attached hydrogen (secondary N) is 1. The van der Waals surface area contributed by atoms with Gasteiger partial charge in [0.05, 0.1) is 11.3 Å². The third kappa shape index (κ3) is 4.95. The van der Waals surface area contributed by atoms with Crippen LogP contribution in [-0.4, -0.2) is 49.9 Å². The lowest BCUT2D eigenvalue weighted by Gasteiger charge is -2.12. The van der Waals surface area contributed by atoms with Crippen molar-refractivity contribution >= 4 is 23.6 Å². The number of carbonyl (C=O) groups is 2. The quantitative estimate of drug-likeness (QED) is 0.741. The van der Waals surface area contributed by atoms with Crippen molar-refractivity contribution in [2.24, 2.45) is 0 Å². The lowest BCUT2D eigenvalue weighted by molar-refractivity contribution is -0.125. The van der Waals surface area contributed by atoms with Crippen molar-refractivity contribution < 1.29 is 19.1 Å². The Morgan fingerprint density at radius 2 is 1.89 bits per heavy atom. The number of rotatable bonds is 7. The Hall–Kier alpha value is -2.67. The van der Waals surface area contributed by atoms with Gasteiger partial charge in [0.15, 0.2) is 11.5 Å². The van der Waals surface area contributed by atoms with E-state index in [4.69, 9.17) is 9.47 Å². The van der Waals surface area contributed by atoms with Crippen molar-refractivity contribution in [2.45, 2.75) is 11.3 Å². The molecule has 1 N–H and O–H groups in total. The van der Waals surface area contributed by atoms with E-state index in [-0.39, 0.29) is 18.6 Å². The number of hydrogen-bond donors (Lipinski definition) is 1. The van der Waals surface area contributed by atoms with E-state index in [1.807, 2.05) is 36.4 Å². The number of fused-ring (bicyclic) bond motifs is 1. The zero-order valence-electron chi connectivity index (χ0n) is 15.4. The maximum Gasteiger partial charge on any atom is 0.252 e. The highest BCUT2D eigenvalue weighted by Gasteiger charge is 2.15. The third-order valence-corrected chi connectivity index (χ3v) is 5.18. The number of thioether (sulfide) groups is 1. The predicted octanol–water partition coefficient (Wildman–Crippen LogP) is 2.57. The summed E-state index contributed by atoms with van der Waals surface area (Å²) in [4.78, 5) is 26.7. The van der Waals surface area contributed by atoms with Crippen molar-refractivity contribution in [3.05, 3.63) is 53.6 Å². The number of hydrogen-bond acceptors (Lipinski definition) is 5. The zero-order chi connectivity index (χ0) is 19.2. The lowest BCUT2D eigenvalue weighted by Crippen LogP contribution is -2.26. The van der Waals surface area contributed by atoms with E-state index in [2.05, 4.69) is 5.32 Å². The molecule has 1 aliphatic heterocycles. The minimum Gasteiger partial charge on any atom is -0.454 e. The molecule has 0 aromatic heterocycles. The topological polar surface area (TPSA) is 67.9 Å². The number of nitrogens with zero attached hydrogens (tertiary/aromatic N) is 1. The molecule has 0 spiro atoms. The van der Waals surface area contributed by atoms with Crippen LogP contribution >= 0.6 is 11.8 Å². The Balaban J connectivity index is 1.55. The molecule has 0 atom stereocenters. The molecule has 0 radical (unpaired) electrons. The first-order valence-electron chi connectivity index (χ1n) is 8.63. The summed E-state index contributed by atoms with van der Waals surface area (Å²) in [6.45, 7) is 0.758. The van der Waals surface area contributed by atoms with Gasteiger partial charge in [0.2, 0.25) is 12.7 Å². The highest BCUT2D eigenvalue weighted by Crippen LogP contribution is 2.32. The van der Waals surface area contributed by atoms with Crippen LogP contribution in [0.15, 0.2) is 47.4 Å². The highest BCUT2D eigenvalue weighted by molar-refractivity contribution is 8.00. The van der Waals surface area contributed by atoms with Crippen LogP contribution < -0.4 is 14.8 Å². The van der Waals surface area contributed by atoms with Gasteiger partial charge in [0.1, 0.15) is 0 Å². The molecule has 6 nitrogen and oxygen atoms in total. The average Bonchev–Trinajstić information content (AvgIpc) is 3.14. The van der Waals surface area contributed by atoms with Gasteiger partial charge in [-0.25, -0.2) is 0 Å². The third-order valence-electron chi connectivity index (χ3n) is 4.12. The maximum atomic E-state index is 12.6. The smallest absolute Gasteiger partial charge is 0.252 e. The predicted molar refractivity (Wildman–Crippen MR) is 104 cm³/mol. The van der Waals surface area contributed by atoms with Crippen LogP contribution in [0.4, 0.5) is 0 Å². The van der Waals surface area contributed by atoms with E-state index >= 15 is 0 Å². The van der Waals surface area contributed by atoms with E-state index in [1.54, 1.807) is 25.1 Å². The molecule has 2 aromatic carbocycles. The minimum atomic E-state index is -0.142. The van der Waals surface area contributed by atoms with Crippen molar-refractivity contribution in [1.82, 2.24) is 10.2 Å². The van der Waals surface area contributed by atoms with Gasteiger partial charge < -0.3 is 19.7 Å². The molecular weight excluding hydrogens is 364 g/mol. The van der Waals surface area contributed by atoms with E-state index in [1.165, 1.54) is 11.8 Å². The van der Waals surface area contributed by atoms with E-state index in [9.17, 15) is 9.59 Å². The standard InChI is InChI=1S/C20H22N2O4S/c1-22(2)19(23)12-27-18-6-4-3-5-15(18)20(24)21-10-9-14-7-8-16-17(11-14)26-13-25-16/h3-8,11H,9-10,12-13H2,1-2H3,(H,21,24). The Kier molecular flexibility index (Phi) is 6.24. The molecule has 0 fully saturated rings. The average molecular weight is 386 g/mol. The summed E-state index contributed by atoms with van der Waals surface area (Å²) < 4.78 is 10.7. The lowest BCUT2D eigenvalue weighted by atomic mass is 10.1. The van der Waals surface area contributed by atoms with Gasteiger partial charge in [-0.3, -0.25) is 9.59 Å². The van der Waals surface area contributed by atoms with Crippen LogP contribution in [-0.2, 0) is 11.2 Å². The molecule has 0 unspecified atom stereocenters. The van der Waals surface area contributed by atoms with Crippen LogP contribution in [0.2, 0.25) is 0 Å². The van der Waals surface area contributed by atoms with Gasteiger partial charge in [0, 0.05) is 25.5 Å². The summed E-state index contributed by atoms with van der Waals surface area (Å²) in [7, 11) is 3.44. The molecular formula is C20H22N2O4S. The second-order valence-electron chi connectivity index (χ2n) is 6.27. The maximum absolute atomic E-state index is 12.6. The number of benzene rings is 2. The van der Waals surface area contributed by atoms with Gasteiger partial charge in [-0.1, -0.05) is 18.2 Å². The van der Waals surface area contributed by atoms with Gasteiger partial charge in [0.25, 0.3) is 5.91 Å². The molecule has 3 rings (SSSR count). The fraction of sp³-hybridized carbons (Fsp3) is 0.300. The van der Waals surface area contributed by atoms with Gasteiger partial charge >= 0.3 is 0 Å². The summed E-state index contributed by atoms with van der Waals surface area (Å²) in [5.41, 5.74) is 1.65. The van der Waals surface area contributed by atoms with Crippen molar-refractivity contribution in [1.29, 1.82) is 0 Å². The number of amides is 2. The number of ether oxygens (including phenoxy) is 2. The Morgan fingerprint density at radius 1 is 1.11 bits per heavy atom. The molecule has 0 saturated carbocycles. The Bertz CT molecular complexity index is 838. The molecule has 0 bridgehead atoms. The van der Waals surface area contributed by atoms with E-state index < -0.39 is 0 Å². The fourth-order valence-electron chi connectivity index (χ4n) is 2.56. The minimum absolute atomic E-state index is 0.0121. The van der Waals surface area contributed by atoms with E-state index in [0.717, 1.165) is 22.0 Å². The summed E-state index contributed by atoms with van der Waals surface area (Å²) in [6.07, 6.45) is 0.691. The summed E-state index contributed by atoms with van der Waals surface area (Å²) in [5, 5.41) is 2.95. The van der Waals surface area contributed by atoms with Crippen LogP contribution in [0.5, 0.6) is 11.5 Å². The molecule has 7 heteroatoms. The monoisotopic (exact) mass is 386 g/mol. The first kappa shape index (κ1) is 19.1. The Labute approximate surface area is 162 Å². The van der Waals surface area contributed by atoms with Crippen LogP contribution in [0.1, 0.15) is 15.9 Å². The normalized spacial score (nSPS) is 11.9. The SMILES string of the molecule is CN(C)C(=O)CSc1ccccc1C(=O)NCCc1ccc2c(c1)OCO2. The molecule has 0 aliphatic carbocycles. The van der Waals surface area contributed by atoms with Crippen LogP contribution in [0.25, 0.3) is 0 Å². The summed E-state index contributed by atoms with van der Waals surface area (Å²) >= 11 is 1.37. The van der Waals surface area contributed by atoms with Gasteiger partial charge in [-0.05, 0) is 36.2 Å². The largest absolute Gasteiger partial charge is 0.454 e. The molecule has 0 saturated heterocycles. The first-order valence-corrected chi connectivity index (χ1v) is 9.62. The van der Waals surface area contributed by atoms with Crippen molar-refractivity contribution in [3.8, 4) is 11.5 Å². The molecule has 2 aromatic rings. The zero-order valence-corrected chi connectivity index (χ0v) is 16.2. The number of carbonyl (C=O) groups excluding carboxylic acids is 2. The molecule has 142 valence electrons. The van der Waals surface area contributed by atoms with Crippen molar-refractivity contribution in [3.63, 3.8) is 0 Å². The first-order chi connectivity index (χ1) is 13.0. The van der Waals surface area contributed by atoms with Gasteiger partial charge in [-0.2, -0.15) is 0 Å². The van der Waals surface area contributed by atoms with E-state index in [0.29, 0.717) is 24.3 Å². The second-order valence-corrected chi connectivity index (χ2v) is 7.28. The molecule has 27 heavy (non-hydrogen) atoms. The highest BCUT2D eigenvalue weighted by atomic mass is 32.2. The molecule has 2 amide bonds. The van der Waals surface area contributed by atoms with Crippen LogP contribution in [0, 0.1) is 0 Å². The summed E-state index contributed by atoms with van der Waals surface area (Å²) in [6, 6.07) is 13.1. The molecule has 1 aliphatic rings. The summed E-state index contributed by atoms with van der Waals surface area (Å²) in [5.74, 6) is 1.66. The van der Waals surface area contributed by atoms with Crippen LogP contribution in [0.3, 0.4) is 0 Å². The molecule has 1 heterocycles. The van der Waals surface area contributed by atoms with Gasteiger partial charge in [-0.15, -0.1) is 11.8 Å². The Morgan fingerprint density at radius 3 is 2.70 bits per heavy atom.